The van der Waals surface area contributed by atoms with Gasteiger partial charge in [-0.15, -0.1) is 11.3 Å². The lowest BCUT2D eigenvalue weighted by Gasteiger charge is -2.26. The highest BCUT2D eigenvalue weighted by Gasteiger charge is 2.33. The van der Waals surface area contributed by atoms with Crippen molar-refractivity contribution in [3.05, 3.63) is 34.7 Å². The summed E-state index contributed by atoms with van der Waals surface area (Å²) >= 11 is 3.09. The van der Waals surface area contributed by atoms with Crippen LogP contribution in [0, 0.1) is 0 Å². The minimum Gasteiger partial charge on any atom is -0.497 e. The van der Waals surface area contributed by atoms with Gasteiger partial charge in [0, 0.05) is 32.3 Å². The molecule has 0 radical (unpaired) electrons. The van der Waals surface area contributed by atoms with Gasteiger partial charge in [-0.1, -0.05) is 11.3 Å². The number of rotatable bonds is 5. The third kappa shape index (κ3) is 3.31. The number of anilines is 1. The minimum atomic E-state index is 0.0128. The molecule has 8 heteroatoms. The summed E-state index contributed by atoms with van der Waals surface area (Å²) in [7, 11) is 7.25. The molecule has 1 amide bonds. The normalized spacial score (nSPS) is 16.6. The van der Waals surface area contributed by atoms with E-state index in [-0.39, 0.29) is 11.9 Å². The molecule has 1 atom stereocenters. The molecule has 2 aromatic heterocycles. The van der Waals surface area contributed by atoms with Crippen LogP contribution in [0.3, 0.4) is 0 Å². The molecule has 1 aliphatic rings. The molecule has 148 valence electrons. The highest BCUT2D eigenvalue weighted by atomic mass is 32.1. The van der Waals surface area contributed by atoms with Crippen molar-refractivity contribution in [1.29, 1.82) is 0 Å². The number of methoxy groups -OCH3 is 2. The molecular formula is C20H23N3O3S2. The van der Waals surface area contributed by atoms with Crippen molar-refractivity contribution in [2.45, 2.75) is 18.9 Å². The van der Waals surface area contributed by atoms with E-state index < -0.39 is 0 Å². The van der Waals surface area contributed by atoms with Crippen LogP contribution in [0.5, 0.6) is 11.5 Å². The number of nitrogens with zero attached hydrogens (tertiary/aromatic N) is 3. The molecule has 1 aromatic carbocycles. The second kappa shape index (κ2) is 7.60. The van der Waals surface area contributed by atoms with Crippen LogP contribution in [-0.4, -0.2) is 50.7 Å². The fraction of sp³-hybridized carbons (Fsp3) is 0.400. The first-order valence-corrected chi connectivity index (χ1v) is 10.8. The first kappa shape index (κ1) is 19.0. The van der Waals surface area contributed by atoms with Gasteiger partial charge in [-0.25, -0.2) is 4.98 Å². The Balaban J connectivity index is 1.63. The second-order valence-electron chi connectivity index (χ2n) is 6.94. The van der Waals surface area contributed by atoms with Gasteiger partial charge in [0.2, 0.25) is 0 Å². The Morgan fingerprint density at radius 1 is 1.21 bits per heavy atom. The van der Waals surface area contributed by atoms with Crippen molar-refractivity contribution in [3.8, 4) is 11.5 Å². The Labute approximate surface area is 172 Å². The van der Waals surface area contributed by atoms with Crippen molar-refractivity contribution in [2.24, 2.45) is 0 Å². The number of fused-ring (bicyclic) bond motifs is 1. The van der Waals surface area contributed by atoms with Gasteiger partial charge in [0.1, 0.15) is 16.3 Å². The number of hydrogen-bond donors (Lipinski definition) is 0. The minimum absolute atomic E-state index is 0.0128. The summed E-state index contributed by atoms with van der Waals surface area (Å²) in [5.74, 6) is 1.58. The van der Waals surface area contributed by atoms with Crippen LogP contribution >= 0.6 is 22.7 Å². The Morgan fingerprint density at radius 2 is 2.04 bits per heavy atom. The standard InChI is InChI=1S/C20H23N3O3S2/c1-22(2)20-21-18-16(28-20)11-17(27-18)19(24)23-9-5-6-14(23)13-8-7-12(25-3)10-15(13)26-4/h7-8,10-11,14H,5-6,9H2,1-4H3. The van der Waals surface area contributed by atoms with E-state index in [0.29, 0.717) is 0 Å². The van der Waals surface area contributed by atoms with Gasteiger partial charge in [0.05, 0.1) is 29.8 Å². The van der Waals surface area contributed by atoms with E-state index in [9.17, 15) is 4.79 Å². The zero-order chi connectivity index (χ0) is 19.8. The number of benzene rings is 1. The van der Waals surface area contributed by atoms with Crippen LogP contribution in [0.1, 0.15) is 34.1 Å². The molecule has 1 unspecified atom stereocenters. The third-order valence-electron chi connectivity index (χ3n) is 4.98. The van der Waals surface area contributed by atoms with Gasteiger partial charge >= 0.3 is 0 Å². The maximum absolute atomic E-state index is 13.3. The van der Waals surface area contributed by atoms with Crippen LogP contribution in [0.15, 0.2) is 24.3 Å². The first-order chi connectivity index (χ1) is 13.5. The lowest BCUT2D eigenvalue weighted by molar-refractivity contribution is 0.0739. The van der Waals surface area contributed by atoms with Crippen molar-refractivity contribution in [2.75, 3.05) is 39.8 Å². The molecule has 28 heavy (non-hydrogen) atoms. The maximum atomic E-state index is 13.3. The number of thiazole rings is 1. The summed E-state index contributed by atoms with van der Waals surface area (Å²) < 4.78 is 11.9. The van der Waals surface area contributed by atoms with E-state index in [1.54, 1.807) is 25.6 Å². The Morgan fingerprint density at radius 3 is 2.71 bits per heavy atom. The Bertz CT molecular complexity index is 980. The predicted molar refractivity (Wildman–Crippen MR) is 114 cm³/mol. The van der Waals surface area contributed by atoms with Crippen LogP contribution in [0.25, 0.3) is 9.53 Å². The molecule has 0 spiro atoms. The number of thiophene rings is 1. The maximum Gasteiger partial charge on any atom is 0.264 e. The summed E-state index contributed by atoms with van der Waals surface area (Å²) in [5, 5.41) is 0.960. The number of aromatic nitrogens is 1. The quantitative estimate of drug-likeness (QED) is 0.615. The lowest BCUT2D eigenvalue weighted by atomic mass is 10.0. The molecule has 0 bridgehead atoms. The van der Waals surface area contributed by atoms with Crippen molar-refractivity contribution < 1.29 is 14.3 Å². The van der Waals surface area contributed by atoms with Gasteiger partial charge < -0.3 is 19.3 Å². The molecule has 0 saturated carbocycles. The average molecular weight is 418 g/mol. The fourth-order valence-electron chi connectivity index (χ4n) is 3.59. The van der Waals surface area contributed by atoms with Crippen molar-refractivity contribution in [3.63, 3.8) is 0 Å². The van der Waals surface area contributed by atoms with E-state index in [1.807, 2.05) is 48.2 Å². The molecule has 1 aliphatic heterocycles. The van der Waals surface area contributed by atoms with E-state index >= 15 is 0 Å². The van der Waals surface area contributed by atoms with Crippen LogP contribution in [-0.2, 0) is 0 Å². The van der Waals surface area contributed by atoms with Gasteiger partial charge in [0.25, 0.3) is 5.91 Å². The molecule has 3 heterocycles. The van der Waals surface area contributed by atoms with Crippen molar-refractivity contribution in [1.82, 2.24) is 9.88 Å². The number of carbonyl (C=O) groups is 1. The smallest absolute Gasteiger partial charge is 0.264 e. The SMILES string of the molecule is COc1ccc(C2CCCN2C(=O)c2cc3sc(N(C)C)nc3s2)c(OC)c1. The monoisotopic (exact) mass is 417 g/mol. The zero-order valence-electron chi connectivity index (χ0n) is 16.4. The molecule has 3 aromatic rings. The van der Waals surface area contributed by atoms with Gasteiger partial charge in [-0.3, -0.25) is 4.79 Å². The van der Waals surface area contributed by atoms with E-state index in [0.717, 1.165) is 56.0 Å². The molecule has 6 nitrogen and oxygen atoms in total. The van der Waals surface area contributed by atoms with E-state index in [2.05, 4.69) is 4.98 Å². The largest absolute Gasteiger partial charge is 0.497 e. The Kier molecular flexibility index (Phi) is 5.16. The van der Waals surface area contributed by atoms with Crippen LogP contribution < -0.4 is 14.4 Å². The number of carbonyl (C=O) groups excluding carboxylic acids is 1. The third-order valence-corrected chi connectivity index (χ3v) is 7.30. The molecular weight excluding hydrogens is 394 g/mol. The lowest BCUT2D eigenvalue weighted by Crippen LogP contribution is -2.30. The van der Waals surface area contributed by atoms with Gasteiger partial charge in [-0.2, -0.15) is 0 Å². The first-order valence-electron chi connectivity index (χ1n) is 9.12. The highest BCUT2D eigenvalue weighted by molar-refractivity contribution is 7.29. The number of hydrogen-bond acceptors (Lipinski definition) is 7. The molecule has 0 N–H and O–H groups in total. The van der Waals surface area contributed by atoms with Gasteiger partial charge in [0.15, 0.2) is 5.13 Å². The molecule has 0 aliphatic carbocycles. The summed E-state index contributed by atoms with van der Waals surface area (Å²) in [4.78, 5) is 23.5. The number of amides is 1. The topological polar surface area (TPSA) is 54.9 Å². The molecule has 4 rings (SSSR count). The number of likely N-dealkylation sites (tertiary alicyclic amines) is 1. The highest BCUT2D eigenvalue weighted by Crippen LogP contribution is 2.41. The summed E-state index contributed by atoms with van der Waals surface area (Å²) in [6.45, 7) is 0.751. The number of ether oxygens (including phenoxy) is 2. The predicted octanol–water partition coefficient (Wildman–Crippen LogP) is 4.42. The molecule has 1 saturated heterocycles. The summed E-state index contributed by atoms with van der Waals surface area (Å²) in [6.07, 6.45) is 1.91. The molecule has 1 fully saturated rings. The average Bonchev–Trinajstić information content (AvgIpc) is 3.41. The second-order valence-corrected chi connectivity index (χ2v) is 8.98. The van der Waals surface area contributed by atoms with Crippen molar-refractivity contribution >= 4 is 43.2 Å². The zero-order valence-corrected chi connectivity index (χ0v) is 18.0. The van der Waals surface area contributed by atoms with E-state index in [4.69, 9.17) is 9.47 Å². The summed E-state index contributed by atoms with van der Waals surface area (Å²) in [6, 6.07) is 7.80. The fourth-order valence-corrected chi connectivity index (χ4v) is 5.68. The van der Waals surface area contributed by atoms with Crippen LogP contribution in [0.2, 0.25) is 0 Å². The summed E-state index contributed by atoms with van der Waals surface area (Å²) in [5.41, 5.74) is 1.03. The van der Waals surface area contributed by atoms with E-state index in [1.165, 1.54) is 11.3 Å². The van der Waals surface area contributed by atoms with Crippen LogP contribution in [0.4, 0.5) is 5.13 Å². The van der Waals surface area contributed by atoms with Gasteiger partial charge in [-0.05, 0) is 31.0 Å². The Hall–Kier alpha value is -2.32.